The third-order valence-corrected chi connectivity index (χ3v) is 4.06. The van der Waals surface area contributed by atoms with Crippen molar-refractivity contribution in [2.45, 2.75) is 26.8 Å². The van der Waals surface area contributed by atoms with E-state index in [9.17, 15) is 9.59 Å². The lowest BCUT2D eigenvalue weighted by Gasteiger charge is -2.14. The van der Waals surface area contributed by atoms with Gasteiger partial charge in [0.05, 0.1) is 13.1 Å². The summed E-state index contributed by atoms with van der Waals surface area (Å²) >= 11 is 0. The average Bonchev–Trinajstić information content (AvgIpc) is 2.62. The molecule has 2 amide bonds. The number of hydrogen-bond donors (Lipinski definition) is 3. The highest BCUT2D eigenvalue weighted by Crippen LogP contribution is 2.18. The number of benzene rings is 2. The Hall–Kier alpha value is -2.66. The molecule has 2 rings (SSSR count). The van der Waals surface area contributed by atoms with Crippen molar-refractivity contribution in [3.8, 4) is 0 Å². The lowest BCUT2D eigenvalue weighted by Crippen LogP contribution is -2.39. The predicted molar refractivity (Wildman–Crippen MR) is 100 cm³/mol. The van der Waals surface area contributed by atoms with Gasteiger partial charge in [-0.05, 0) is 37.5 Å². The van der Waals surface area contributed by atoms with Crippen LogP contribution in [0.1, 0.15) is 29.7 Å². The van der Waals surface area contributed by atoms with E-state index in [-0.39, 0.29) is 30.9 Å². The van der Waals surface area contributed by atoms with Crippen LogP contribution in [0.4, 0.5) is 5.69 Å². The van der Waals surface area contributed by atoms with Crippen LogP contribution >= 0.6 is 0 Å². The minimum Gasteiger partial charge on any atom is -0.346 e. The van der Waals surface area contributed by atoms with Crippen LogP contribution in [0.15, 0.2) is 48.5 Å². The number of anilines is 1. The molecule has 0 radical (unpaired) electrons. The average molecular weight is 339 g/mol. The topological polar surface area (TPSA) is 70.2 Å². The van der Waals surface area contributed by atoms with Crippen LogP contribution in [0.2, 0.25) is 0 Å². The highest BCUT2D eigenvalue weighted by molar-refractivity contribution is 5.95. The molecule has 0 heterocycles. The second-order valence-corrected chi connectivity index (χ2v) is 6.10. The van der Waals surface area contributed by atoms with Crippen molar-refractivity contribution < 1.29 is 9.59 Å². The fraction of sp³-hybridized carbons (Fsp3) is 0.300. The molecule has 25 heavy (non-hydrogen) atoms. The van der Waals surface area contributed by atoms with Crippen LogP contribution in [0.3, 0.4) is 0 Å². The zero-order valence-electron chi connectivity index (χ0n) is 14.9. The molecule has 5 nitrogen and oxygen atoms in total. The molecule has 0 aromatic heterocycles. The number of para-hydroxylation sites is 1. The van der Waals surface area contributed by atoms with E-state index in [0.29, 0.717) is 0 Å². The van der Waals surface area contributed by atoms with E-state index < -0.39 is 0 Å². The number of rotatable bonds is 7. The van der Waals surface area contributed by atoms with E-state index in [0.717, 1.165) is 22.4 Å². The molecule has 0 unspecified atom stereocenters. The third-order valence-electron chi connectivity index (χ3n) is 4.06. The monoisotopic (exact) mass is 339 g/mol. The van der Waals surface area contributed by atoms with Crippen molar-refractivity contribution in [2.75, 3.05) is 18.4 Å². The molecule has 0 aliphatic heterocycles. The molecule has 0 spiro atoms. The van der Waals surface area contributed by atoms with E-state index >= 15 is 0 Å². The molecule has 0 bridgehead atoms. The lowest BCUT2D eigenvalue weighted by molar-refractivity contribution is -0.123. The van der Waals surface area contributed by atoms with Crippen LogP contribution in [0, 0.1) is 13.8 Å². The maximum atomic E-state index is 12.0. The van der Waals surface area contributed by atoms with Crippen LogP contribution in [-0.4, -0.2) is 24.9 Å². The molecule has 0 fully saturated rings. The van der Waals surface area contributed by atoms with Gasteiger partial charge >= 0.3 is 0 Å². The molecular formula is C20H25N3O2. The van der Waals surface area contributed by atoms with Crippen molar-refractivity contribution in [3.05, 3.63) is 65.2 Å². The Bertz CT molecular complexity index is 709. The molecular weight excluding hydrogens is 314 g/mol. The largest absolute Gasteiger partial charge is 0.346 e. The van der Waals surface area contributed by atoms with Gasteiger partial charge in [0, 0.05) is 11.7 Å². The van der Waals surface area contributed by atoms with Crippen molar-refractivity contribution >= 4 is 17.5 Å². The molecule has 1 atom stereocenters. The lowest BCUT2D eigenvalue weighted by atomic mass is 10.1. The maximum absolute atomic E-state index is 12.0. The molecule has 0 aliphatic rings. The van der Waals surface area contributed by atoms with Gasteiger partial charge in [0.25, 0.3) is 0 Å². The molecule has 2 aromatic carbocycles. The summed E-state index contributed by atoms with van der Waals surface area (Å²) in [6.07, 6.45) is 0. The Kier molecular flexibility index (Phi) is 6.71. The zero-order valence-corrected chi connectivity index (χ0v) is 14.9. The number of carbonyl (C=O) groups excluding carboxylic acids is 2. The summed E-state index contributed by atoms with van der Waals surface area (Å²) in [5.41, 5.74) is 3.91. The van der Waals surface area contributed by atoms with Crippen molar-refractivity contribution in [3.63, 3.8) is 0 Å². The number of nitrogens with one attached hydrogen (secondary N) is 3. The molecule has 0 saturated heterocycles. The third kappa shape index (κ3) is 5.72. The van der Waals surface area contributed by atoms with E-state index in [4.69, 9.17) is 0 Å². The predicted octanol–water partition coefficient (Wildman–Crippen LogP) is 2.71. The Morgan fingerprint density at radius 2 is 1.52 bits per heavy atom. The molecule has 3 N–H and O–H groups in total. The van der Waals surface area contributed by atoms with Gasteiger partial charge in [0.15, 0.2) is 0 Å². The van der Waals surface area contributed by atoms with Gasteiger partial charge in [-0.15, -0.1) is 0 Å². The number of hydrogen-bond acceptors (Lipinski definition) is 3. The van der Waals surface area contributed by atoms with Crippen LogP contribution < -0.4 is 16.0 Å². The van der Waals surface area contributed by atoms with Crippen LogP contribution in [0.25, 0.3) is 0 Å². The molecule has 0 aliphatic carbocycles. The first-order valence-electron chi connectivity index (χ1n) is 8.38. The molecule has 132 valence electrons. The second-order valence-electron chi connectivity index (χ2n) is 6.10. The molecule has 5 heteroatoms. The van der Waals surface area contributed by atoms with Gasteiger partial charge in [-0.3, -0.25) is 9.59 Å². The SMILES string of the molecule is Cc1cccc(C)c1NC(=O)CNC(=O)CN[C@@H](C)c1ccccc1. The van der Waals surface area contributed by atoms with Gasteiger partial charge in [-0.25, -0.2) is 0 Å². The molecule has 0 saturated carbocycles. The minimum atomic E-state index is -0.234. The van der Waals surface area contributed by atoms with E-state index in [1.165, 1.54) is 0 Å². The quantitative estimate of drug-likeness (QED) is 0.726. The fourth-order valence-corrected chi connectivity index (χ4v) is 2.54. The molecule has 2 aromatic rings. The van der Waals surface area contributed by atoms with Gasteiger partial charge in [-0.1, -0.05) is 48.5 Å². The smallest absolute Gasteiger partial charge is 0.243 e. The highest BCUT2D eigenvalue weighted by atomic mass is 16.2. The standard InChI is InChI=1S/C20H25N3O2/c1-14-8-7-9-15(2)20(14)23-19(25)13-22-18(24)12-21-16(3)17-10-5-4-6-11-17/h4-11,16,21H,12-13H2,1-3H3,(H,22,24)(H,23,25)/t16-/m0/s1. The van der Waals surface area contributed by atoms with Crippen LogP contribution in [0.5, 0.6) is 0 Å². The summed E-state index contributed by atoms with van der Waals surface area (Å²) in [6.45, 7) is 5.99. The van der Waals surface area contributed by atoms with Crippen LogP contribution in [-0.2, 0) is 9.59 Å². The number of amides is 2. The Morgan fingerprint density at radius 3 is 2.16 bits per heavy atom. The maximum Gasteiger partial charge on any atom is 0.243 e. The van der Waals surface area contributed by atoms with Gasteiger partial charge in [0.2, 0.25) is 11.8 Å². The van der Waals surface area contributed by atoms with E-state index in [2.05, 4.69) is 16.0 Å². The van der Waals surface area contributed by atoms with Crippen molar-refractivity contribution in [2.24, 2.45) is 0 Å². The van der Waals surface area contributed by atoms with E-state index in [1.807, 2.05) is 69.3 Å². The van der Waals surface area contributed by atoms with Crippen molar-refractivity contribution in [1.82, 2.24) is 10.6 Å². The number of carbonyl (C=O) groups is 2. The summed E-state index contributed by atoms with van der Waals surface area (Å²) in [6, 6.07) is 15.8. The second kappa shape index (κ2) is 8.99. The Labute approximate surface area is 148 Å². The van der Waals surface area contributed by atoms with Gasteiger partial charge < -0.3 is 16.0 Å². The summed E-state index contributed by atoms with van der Waals surface area (Å²) in [4.78, 5) is 24.0. The summed E-state index contributed by atoms with van der Waals surface area (Å²) in [7, 11) is 0. The first-order chi connectivity index (χ1) is 12.0. The number of aryl methyl sites for hydroxylation is 2. The Morgan fingerprint density at radius 1 is 0.880 bits per heavy atom. The minimum absolute atomic E-state index is 0.0476. The first-order valence-corrected chi connectivity index (χ1v) is 8.38. The Balaban J connectivity index is 1.75. The first kappa shape index (κ1) is 18.7. The van der Waals surface area contributed by atoms with Crippen molar-refractivity contribution in [1.29, 1.82) is 0 Å². The summed E-state index contributed by atoms with van der Waals surface area (Å²) in [5, 5.41) is 8.63. The van der Waals surface area contributed by atoms with Gasteiger partial charge in [0.1, 0.15) is 0 Å². The summed E-state index contributed by atoms with van der Waals surface area (Å²) in [5.74, 6) is -0.443. The zero-order chi connectivity index (χ0) is 18.2. The van der Waals surface area contributed by atoms with Gasteiger partial charge in [-0.2, -0.15) is 0 Å². The normalized spacial score (nSPS) is 11.6. The highest BCUT2D eigenvalue weighted by Gasteiger charge is 2.10. The summed E-state index contributed by atoms with van der Waals surface area (Å²) < 4.78 is 0. The fourth-order valence-electron chi connectivity index (χ4n) is 2.54. The van der Waals surface area contributed by atoms with E-state index in [1.54, 1.807) is 0 Å².